The molecule has 1 saturated heterocycles. The van der Waals surface area contributed by atoms with Crippen LogP contribution >= 0.6 is 0 Å². The molecule has 2 fully saturated rings. The summed E-state index contributed by atoms with van der Waals surface area (Å²) in [4.78, 5) is 38.6. The Balaban J connectivity index is 1.24. The fraction of sp³-hybridized carbons (Fsp3) is 0.385. The van der Waals surface area contributed by atoms with E-state index >= 15 is 0 Å². The third-order valence-electron chi connectivity index (χ3n) is 6.52. The lowest BCUT2D eigenvalue weighted by Crippen LogP contribution is -2.30. The van der Waals surface area contributed by atoms with Crippen molar-refractivity contribution in [2.45, 2.75) is 45.4 Å². The number of piperidine rings is 1. The van der Waals surface area contributed by atoms with E-state index in [0.717, 1.165) is 53.8 Å². The minimum absolute atomic E-state index is 0.0335. The second-order valence-electron chi connectivity index (χ2n) is 8.94. The molecule has 1 saturated carbocycles. The summed E-state index contributed by atoms with van der Waals surface area (Å²) in [5, 5.41) is 0. The van der Waals surface area contributed by atoms with E-state index in [1.807, 2.05) is 43.6 Å². The van der Waals surface area contributed by atoms with Crippen molar-refractivity contribution in [1.29, 1.82) is 0 Å². The number of ketones is 1. The molecular weight excluding hydrogens is 400 g/mol. The number of hydrogen-bond donors (Lipinski definition) is 1. The van der Waals surface area contributed by atoms with Crippen LogP contribution in [-0.2, 0) is 6.42 Å². The molecule has 1 N–H and O–H groups in total. The first kappa shape index (κ1) is 20.6. The van der Waals surface area contributed by atoms with Crippen LogP contribution in [0.2, 0.25) is 0 Å². The van der Waals surface area contributed by atoms with Crippen LogP contribution in [0.3, 0.4) is 0 Å². The summed E-state index contributed by atoms with van der Waals surface area (Å²) in [6, 6.07) is 7.78. The average molecular weight is 429 g/mol. The number of rotatable bonds is 6. The van der Waals surface area contributed by atoms with Crippen LogP contribution in [0.4, 0.5) is 5.69 Å². The molecule has 5 rings (SSSR count). The normalized spacial score (nSPS) is 16.4. The molecule has 2 aliphatic rings. The first-order valence-electron chi connectivity index (χ1n) is 11.5. The van der Waals surface area contributed by atoms with Gasteiger partial charge in [0.25, 0.3) is 5.56 Å². The second kappa shape index (κ2) is 8.69. The Hall–Kier alpha value is -3.28. The fourth-order valence-corrected chi connectivity index (χ4v) is 4.34. The van der Waals surface area contributed by atoms with Gasteiger partial charge in [-0.1, -0.05) is 18.6 Å². The van der Waals surface area contributed by atoms with Crippen LogP contribution in [-0.4, -0.2) is 33.8 Å². The number of nitrogens with one attached hydrogen (secondary N) is 1. The summed E-state index contributed by atoms with van der Waals surface area (Å²) in [6.07, 6.45) is 11.5. The number of aromatic nitrogens is 3. The van der Waals surface area contributed by atoms with Crippen molar-refractivity contribution >= 4 is 28.6 Å². The van der Waals surface area contributed by atoms with E-state index in [2.05, 4.69) is 25.9 Å². The predicted octanol–water partition coefficient (Wildman–Crippen LogP) is 4.55. The van der Waals surface area contributed by atoms with Crippen LogP contribution in [0.5, 0.6) is 0 Å². The van der Waals surface area contributed by atoms with E-state index in [1.54, 1.807) is 0 Å². The smallest absolute Gasteiger partial charge is 0.251 e. The molecule has 1 aliphatic carbocycles. The Morgan fingerprint density at radius 1 is 1.16 bits per heavy atom. The van der Waals surface area contributed by atoms with Gasteiger partial charge in [0.2, 0.25) is 0 Å². The zero-order chi connectivity index (χ0) is 22.1. The average Bonchev–Trinajstić information content (AvgIpc) is 3.63. The highest BCUT2D eigenvalue weighted by Crippen LogP contribution is 2.33. The Morgan fingerprint density at radius 3 is 2.66 bits per heavy atom. The molecule has 164 valence electrons. The van der Waals surface area contributed by atoms with Gasteiger partial charge in [0.05, 0.1) is 22.9 Å². The number of carbonyl (C=O) groups excluding carboxylic acids is 1. The molecule has 0 spiro atoms. The molecule has 3 aromatic heterocycles. The first-order valence-corrected chi connectivity index (χ1v) is 11.5. The van der Waals surface area contributed by atoms with Crippen molar-refractivity contribution in [3.63, 3.8) is 0 Å². The van der Waals surface area contributed by atoms with E-state index in [1.165, 1.54) is 18.4 Å². The van der Waals surface area contributed by atoms with Crippen molar-refractivity contribution in [3.8, 4) is 0 Å². The van der Waals surface area contributed by atoms with Gasteiger partial charge in [-0.25, -0.2) is 0 Å². The van der Waals surface area contributed by atoms with Gasteiger partial charge in [0, 0.05) is 31.3 Å². The van der Waals surface area contributed by atoms with Gasteiger partial charge in [0.1, 0.15) is 5.69 Å². The van der Waals surface area contributed by atoms with Crippen LogP contribution in [0.25, 0.3) is 17.1 Å². The van der Waals surface area contributed by atoms with Crippen LogP contribution < -0.4 is 10.5 Å². The van der Waals surface area contributed by atoms with Crippen molar-refractivity contribution in [3.05, 3.63) is 69.4 Å². The highest BCUT2D eigenvalue weighted by Gasteiger charge is 2.25. The number of H-pyrrole nitrogens is 1. The molecule has 6 nitrogen and oxygen atoms in total. The Labute approximate surface area is 187 Å². The summed E-state index contributed by atoms with van der Waals surface area (Å²) in [5.74, 6) is 0.752. The predicted molar refractivity (Wildman–Crippen MR) is 127 cm³/mol. The molecule has 4 heterocycles. The lowest BCUT2D eigenvalue weighted by Gasteiger charge is -2.30. The maximum atomic E-state index is 12.2. The Morgan fingerprint density at radius 2 is 1.97 bits per heavy atom. The summed E-state index contributed by atoms with van der Waals surface area (Å²) < 4.78 is 0. The lowest BCUT2D eigenvalue weighted by atomic mass is 10.0. The van der Waals surface area contributed by atoms with E-state index < -0.39 is 0 Å². The van der Waals surface area contributed by atoms with Gasteiger partial charge in [-0.15, -0.1) is 0 Å². The molecule has 3 aromatic rings. The van der Waals surface area contributed by atoms with Gasteiger partial charge in [0.15, 0.2) is 5.78 Å². The lowest BCUT2D eigenvalue weighted by molar-refractivity contribution is 0.0971. The topological polar surface area (TPSA) is 79.0 Å². The van der Waals surface area contributed by atoms with Gasteiger partial charge >= 0.3 is 0 Å². The summed E-state index contributed by atoms with van der Waals surface area (Å²) in [5.41, 5.74) is 6.38. The van der Waals surface area contributed by atoms with Gasteiger partial charge in [-0.2, -0.15) is 0 Å². The molecule has 0 aromatic carbocycles. The van der Waals surface area contributed by atoms with Gasteiger partial charge < -0.3 is 9.88 Å². The standard InChI is InChI=1S/C26H28N4O2/c1-2-20-14-23-24(29-26(20)32)12-19(15-27-23)11-18-7-9-30(10-8-18)21-5-6-22(28-16-21)25(31)13-17-3-4-17/h5-6,11-12,14-17H,2-4,7-10,13H2,1H3,(H,29,32). The number of carbonyl (C=O) groups is 1. The summed E-state index contributed by atoms with van der Waals surface area (Å²) >= 11 is 0. The van der Waals surface area contributed by atoms with Crippen molar-refractivity contribution in [2.75, 3.05) is 18.0 Å². The van der Waals surface area contributed by atoms with Crippen molar-refractivity contribution in [1.82, 2.24) is 15.0 Å². The van der Waals surface area contributed by atoms with Gasteiger partial charge in [-0.05, 0) is 67.9 Å². The number of aromatic amines is 1. The van der Waals surface area contributed by atoms with Crippen molar-refractivity contribution in [2.24, 2.45) is 5.92 Å². The highest BCUT2D eigenvalue weighted by molar-refractivity contribution is 5.94. The van der Waals surface area contributed by atoms with Crippen molar-refractivity contribution < 1.29 is 4.79 Å². The zero-order valence-electron chi connectivity index (χ0n) is 18.4. The SMILES string of the molecule is CCc1cc2ncc(C=C3CCN(c4ccc(C(=O)CC5CC5)nc4)CC3)cc2[nH]c1=O. The van der Waals surface area contributed by atoms with E-state index in [0.29, 0.717) is 24.5 Å². The molecule has 1 aliphatic heterocycles. The summed E-state index contributed by atoms with van der Waals surface area (Å²) in [7, 11) is 0. The van der Waals surface area contributed by atoms with E-state index in [4.69, 9.17) is 0 Å². The molecule has 0 radical (unpaired) electrons. The molecule has 0 atom stereocenters. The minimum atomic E-state index is -0.0335. The molecule has 6 heteroatoms. The molecular formula is C26H28N4O2. The minimum Gasteiger partial charge on any atom is -0.370 e. The van der Waals surface area contributed by atoms with Crippen LogP contribution in [0, 0.1) is 5.92 Å². The maximum absolute atomic E-state index is 12.2. The Bertz CT molecular complexity index is 1230. The second-order valence-corrected chi connectivity index (χ2v) is 8.94. The monoisotopic (exact) mass is 428 g/mol. The molecule has 0 unspecified atom stereocenters. The zero-order valence-corrected chi connectivity index (χ0v) is 18.4. The third-order valence-corrected chi connectivity index (χ3v) is 6.52. The fourth-order valence-electron chi connectivity index (χ4n) is 4.34. The quantitative estimate of drug-likeness (QED) is 0.583. The molecule has 32 heavy (non-hydrogen) atoms. The Kier molecular flexibility index (Phi) is 5.60. The third kappa shape index (κ3) is 4.49. The number of hydrogen-bond acceptors (Lipinski definition) is 5. The van der Waals surface area contributed by atoms with Crippen LogP contribution in [0.15, 0.2) is 47.0 Å². The first-order chi connectivity index (χ1) is 15.6. The summed E-state index contributed by atoms with van der Waals surface area (Å²) in [6.45, 7) is 3.81. The van der Waals surface area contributed by atoms with Gasteiger partial charge in [-0.3, -0.25) is 19.6 Å². The number of anilines is 1. The number of aryl methyl sites for hydroxylation is 1. The number of nitrogens with zero attached hydrogens (tertiary/aromatic N) is 3. The van der Waals surface area contributed by atoms with E-state index in [-0.39, 0.29) is 11.3 Å². The number of pyridine rings is 3. The molecule has 0 bridgehead atoms. The molecule has 0 amide bonds. The van der Waals surface area contributed by atoms with E-state index in [9.17, 15) is 9.59 Å². The highest BCUT2D eigenvalue weighted by atomic mass is 16.1. The number of Topliss-reactive ketones (excluding diaryl/α,β-unsaturated/α-hetero) is 1. The number of fused-ring (bicyclic) bond motifs is 1. The van der Waals surface area contributed by atoms with Crippen LogP contribution in [0.1, 0.15) is 60.6 Å². The largest absolute Gasteiger partial charge is 0.370 e. The maximum Gasteiger partial charge on any atom is 0.251 e.